The molecule has 1 aliphatic rings. The maximum atomic E-state index is 13.1. The quantitative estimate of drug-likeness (QED) is 0.866. The molecule has 1 saturated heterocycles. The third kappa shape index (κ3) is 3.59. The van der Waals surface area contributed by atoms with Gasteiger partial charge >= 0.3 is 0 Å². The zero-order valence-electron chi connectivity index (χ0n) is 10.7. The first-order valence-electron chi connectivity index (χ1n) is 6.57. The number of benzene rings is 1. The van der Waals surface area contributed by atoms with Gasteiger partial charge in [-0.05, 0) is 44.0 Å². The molecule has 0 aromatic heterocycles. The molecule has 0 bridgehead atoms. The molecule has 2 unspecified atom stereocenters. The Bertz CT molecular complexity index is 389. The Labute approximate surface area is 113 Å². The lowest BCUT2D eigenvalue weighted by atomic mass is 10.0. The molecule has 2 rings (SSSR count). The maximum absolute atomic E-state index is 13.1. The fourth-order valence-corrected chi connectivity index (χ4v) is 2.51. The molecule has 0 amide bonds. The Morgan fingerprint density at radius 3 is 2.94 bits per heavy atom. The molecular formula is C14H20ClFN2. The highest BCUT2D eigenvalue weighted by Gasteiger charge is 2.13. The number of piperidine rings is 1. The Morgan fingerprint density at radius 2 is 2.33 bits per heavy atom. The van der Waals surface area contributed by atoms with Crippen molar-refractivity contribution in [2.45, 2.75) is 38.4 Å². The second kappa shape index (κ2) is 6.39. The monoisotopic (exact) mass is 270 g/mol. The largest absolute Gasteiger partial charge is 0.382 e. The van der Waals surface area contributed by atoms with Gasteiger partial charge in [0, 0.05) is 12.6 Å². The van der Waals surface area contributed by atoms with Crippen molar-refractivity contribution in [2.75, 3.05) is 18.4 Å². The van der Waals surface area contributed by atoms with Crippen LogP contribution in [0.5, 0.6) is 0 Å². The molecule has 2 atom stereocenters. The Kier molecular flexibility index (Phi) is 4.84. The van der Waals surface area contributed by atoms with Crippen molar-refractivity contribution in [2.24, 2.45) is 0 Å². The molecule has 0 radical (unpaired) electrons. The lowest BCUT2D eigenvalue weighted by Gasteiger charge is -2.24. The Morgan fingerprint density at radius 1 is 1.50 bits per heavy atom. The van der Waals surface area contributed by atoms with Crippen LogP contribution in [0.2, 0.25) is 5.02 Å². The molecule has 1 aromatic rings. The van der Waals surface area contributed by atoms with Crippen molar-refractivity contribution in [1.29, 1.82) is 0 Å². The van der Waals surface area contributed by atoms with Crippen molar-refractivity contribution >= 4 is 17.3 Å². The molecule has 2 N–H and O–H groups in total. The van der Waals surface area contributed by atoms with Gasteiger partial charge in [0.2, 0.25) is 0 Å². The lowest BCUT2D eigenvalue weighted by molar-refractivity contribution is 0.374. The molecule has 0 saturated carbocycles. The van der Waals surface area contributed by atoms with Crippen LogP contribution in [0.3, 0.4) is 0 Å². The lowest BCUT2D eigenvalue weighted by Crippen LogP contribution is -2.39. The number of halogens is 2. The van der Waals surface area contributed by atoms with Crippen molar-refractivity contribution in [3.63, 3.8) is 0 Å². The molecule has 1 aromatic carbocycles. The maximum Gasteiger partial charge on any atom is 0.122 e. The summed E-state index contributed by atoms with van der Waals surface area (Å²) < 4.78 is 13.1. The van der Waals surface area contributed by atoms with E-state index in [0.29, 0.717) is 16.6 Å². The highest BCUT2D eigenvalue weighted by atomic mass is 35.5. The first-order valence-corrected chi connectivity index (χ1v) is 6.95. The van der Waals surface area contributed by atoms with Crippen LogP contribution in [0.1, 0.15) is 37.9 Å². The molecule has 0 aliphatic carbocycles. The standard InChI is InChI=1S/C14H20ClFN2/c1-10(16)11-5-6-14(13(15)8-11)18-9-12-4-2-3-7-17-12/h5-6,8,10,12,17-18H,2-4,7,9H2,1H3. The number of rotatable bonds is 4. The zero-order valence-corrected chi connectivity index (χ0v) is 11.4. The number of anilines is 1. The van der Waals surface area contributed by atoms with E-state index in [4.69, 9.17) is 11.6 Å². The molecule has 1 heterocycles. The average Bonchev–Trinajstić information content (AvgIpc) is 2.38. The Balaban J connectivity index is 1.92. The molecule has 100 valence electrons. The molecule has 1 aliphatic heterocycles. The highest BCUT2D eigenvalue weighted by Crippen LogP contribution is 2.27. The van der Waals surface area contributed by atoms with Crippen LogP contribution in [-0.2, 0) is 0 Å². The van der Waals surface area contributed by atoms with Crippen LogP contribution in [0, 0.1) is 0 Å². The summed E-state index contributed by atoms with van der Waals surface area (Å²) in [5.41, 5.74) is 1.51. The molecule has 1 fully saturated rings. The predicted molar refractivity (Wildman–Crippen MR) is 75.1 cm³/mol. The van der Waals surface area contributed by atoms with E-state index in [1.807, 2.05) is 6.07 Å². The second-order valence-electron chi connectivity index (χ2n) is 4.88. The molecule has 4 heteroatoms. The summed E-state index contributed by atoms with van der Waals surface area (Å²) in [6, 6.07) is 5.85. The van der Waals surface area contributed by atoms with Crippen LogP contribution >= 0.6 is 11.6 Å². The minimum atomic E-state index is -0.975. The fourth-order valence-electron chi connectivity index (χ4n) is 2.25. The van der Waals surface area contributed by atoms with E-state index >= 15 is 0 Å². The van der Waals surface area contributed by atoms with Gasteiger partial charge in [0.15, 0.2) is 0 Å². The third-order valence-electron chi connectivity index (χ3n) is 3.40. The van der Waals surface area contributed by atoms with Gasteiger partial charge in [-0.15, -0.1) is 0 Å². The van der Waals surface area contributed by atoms with E-state index in [-0.39, 0.29) is 0 Å². The first-order chi connectivity index (χ1) is 8.66. The summed E-state index contributed by atoms with van der Waals surface area (Å²) >= 11 is 6.14. The van der Waals surface area contributed by atoms with E-state index in [9.17, 15) is 4.39 Å². The van der Waals surface area contributed by atoms with E-state index in [1.54, 1.807) is 12.1 Å². The zero-order chi connectivity index (χ0) is 13.0. The van der Waals surface area contributed by atoms with Gasteiger partial charge in [-0.1, -0.05) is 24.1 Å². The predicted octanol–water partition coefficient (Wildman–Crippen LogP) is 3.92. The molecule has 0 spiro atoms. The fraction of sp³-hybridized carbons (Fsp3) is 0.571. The number of alkyl halides is 1. The summed E-state index contributed by atoms with van der Waals surface area (Å²) in [6.45, 7) is 3.48. The van der Waals surface area contributed by atoms with E-state index < -0.39 is 6.17 Å². The number of hydrogen-bond donors (Lipinski definition) is 2. The van der Waals surface area contributed by atoms with Gasteiger partial charge in [-0.2, -0.15) is 0 Å². The highest BCUT2D eigenvalue weighted by molar-refractivity contribution is 6.33. The normalized spacial score (nSPS) is 21.6. The first kappa shape index (κ1) is 13.6. The molecule has 2 nitrogen and oxygen atoms in total. The summed E-state index contributed by atoms with van der Waals surface area (Å²) in [4.78, 5) is 0. The van der Waals surface area contributed by atoms with Gasteiger partial charge in [0.1, 0.15) is 6.17 Å². The van der Waals surface area contributed by atoms with Crippen LogP contribution < -0.4 is 10.6 Å². The van der Waals surface area contributed by atoms with Gasteiger partial charge in [-0.3, -0.25) is 0 Å². The third-order valence-corrected chi connectivity index (χ3v) is 3.72. The number of nitrogens with one attached hydrogen (secondary N) is 2. The average molecular weight is 271 g/mol. The minimum absolute atomic E-state index is 0.509. The summed E-state index contributed by atoms with van der Waals surface area (Å²) in [6.07, 6.45) is 2.77. The van der Waals surface area contributed by atoms with E-state index in [1.165, 1.54) is 26.2 Å². The van der Waals surface area contributed by atoms with Gasteiger partial charge in [-0.25, -0.2) is 4.39 Å². The Hall–Kier alpha value is -0.800. The van der Waals surface area contributed by atoms with Crippen molar-refractivity contribution < 1.29 is 4.39 Å². The van der Waals surface area contributed by atoms with Crippen LogP contribution in [-0.4, -0.2) is 19.1 Å². The molecule has 18 heavy (non-hydrogen) atoms. The topological polar surface area (TPSA) is 24.1 Å². The van der Waals surface area contributed by atoms with Gasteiger partial charge < -0.3 is 10.6 Å². The van der Waals surface area contributed by atoms with Crippen LogP contribution in [0.15, 0.2) is 18.2 Å². The minimum Gasteiger partial charge on any atom is -0.382 e. The van der Waals surface area contributed by atoms with Crippen molar-refractivity contribution in [3.8, 4) is 0 Å². The summed E-state index contributed by atoms with van der Waals surface area (Å²) in [5, 5.41) is 7.40. The molecular weight excluding hydrogens is 251 g/mol. The second-order valence-corrected chi connectivity index (χ2v) is 5.29. The van der Waals surface area contributed by atoms with Gasteiger partial charge in [0.05, 0.1) is 10.7 Å². The number of hydrogen-bond acceptors (Lipinski definition) is 2. The van der Waals surface area contributed by atoms with Gasteiger partial charge in [0.25, 0.3) is 0 Å². The smallest absolute Gasteiger partial charge is 0.122 e. The van der Waals surface area contributed by atoms with Crippen LogP contribution in [0.4, 0.5) is 10.1 Å². The summed E-state index contributed by atoms with van der Waals surface area (Å²) in [7, 11) is 0. The van der Waals surface area contributed by atoms with E-state index in [0.717, 1.165) is 18.8 Å². The van der Waals surface area contributed by atoms with Crippen molar-refractivity contribution in [3.05, 3.63) is 28.8 Å². The van der Waals surface area contributed by atoms with Crippen molar-refractivity contribution in [1.82, 2.24) is 5.32 Å². The summed E-state index contributed by atoms with van der Waals surface area (Å²) in [5.74, 6) is 0. The van der Waals surface area contributed by atoms with E-state index in [2.05, 4.69) is 10.6 Å². The SMILES string of the molecule is CC(F)c1ccc(NCC2CCCCN2)c(Cl)c1. The van der Waals surface area contributed by atoms with Crippen LogP contribution in [0.25, 0.3) is 0 Å².